The summed E-state index contributed by atoms with van der Waals surface area (Å²) in [7, 11) is 1.37. The Balaban J connectivity index is 2.18. The SMILES string of the molecule is COC(=O)CCCCCNC(=O)c1ccccc1O. The van der Waals surface area contributed by atoms with Gasteiger partial charge in [0, 0.05) is 13.0 Å². The van der Waals surface area contributed by atoms with E-state index >= 15 is 0 Å². The molecule has 0 bridgehead atoms. The van der Waals surface area contributed by atoms with Crippen LogP contribution in [0, 0.1) is 0 Å². The third-order valence-electron chi connectivity index (χ3n) is 2.72. The zero-order valence-corrected chi connectivity index (χ0v) is 11.0. The number of phenols is 1. The summed E-state index contributed by atoms with van der Waals surface area (Å²) < 4.78 is 4.53. The van der Waals surface area contributed by atoms with E-state index in [0.717, 1.165) is 19.3 Å². The van der Waals surface area contributed by atoms with Crippen LogP contribution in [0.2, 0.25) is 0 Å². The van der Waals surface area contributed by atoms with Gasteiger partial charge in [-0.15, -0.1) is 0 Å². The van der Waals surface area contributed by atoms with Crippen LogP contribution in [0.3, 0.4) is 0 Å². The number of amides is 1. The van der Waals surface area contributed by atoms with E-state index in [9.17, 15) is 14.7 Å². The number of rotatable bonds is 7. The smallest absolute Gasteiger partial charge is 0.305 e. The van der Waals surface area contributed by atoms with Crippen molar-refractivity contribution in [2.75, 3.05) is 13.7 Å². The van der Waals surface area contributed by atoms with Gasteiger partial charge in [-0.3, -0.25) is 9.59 Å². The van der Waals surface area contributed by atoms with Gasteiger partial charge in [0.25, 0.3) is 5.91 Å². The van der Waals surface area contributed by atoms with E-state index in [-0.39, 0.29) is 23.2 Å². The Hall–Kier alpha value is -2.04. The lowest BCUT2D eigenvalue weighted by Crippen LogP contribution is -2.24. The fourth-order valence-electron chi connectivity index (χ4n) is 1.64. The Morgan fingerprint density at radius 2 is 1.95 bits per heavy atom. The zero-order valence-electron chi connectivity index (χ0n) is 11.0. The van der Waals surface area contributed by atoms with E-state index in [0.29, 0.717) is 13.0 Å². The molecule has 0 radical (unpaired) electrons. The number of nitrogens with one attached hydrogen (secondary N) is 1. The van der Waals surface area contributed by atoms with E-state index < -0.39 is 0 Å². The van der Waals surface area contributed by atoms with Crippen LogP contribution in [0.1, 0.15) is 36.0 Å². The van der Waals surface area contributed by atoms with Gasteiger partial charge in [0.15, 0.2) is 0 Å². The number of carbonyl (C=O) groups excluding carboxylic acids is 2. The molecule has 5 heteroatoms. The summed E-state index contributed by atoms with van der Waals surface area (Å²) in [6.45, 7) is 0.522. The molecule has 2 N–H and O–H groups in total. The molecule has 0 aliphatic rings. The van der Waals surface area contributed by atoms with Crippen molar-refractivity contribution in [2.24, 2.45) is 0 Å². The average molecular weight is 265 g/mol. The molecule has 1 rings (SSSR count). The second-order valence-corrected chi connectivity index (χ2v) is 4.16. The van der Waals surface area contributed by atoms with Gasteiger partial charge in [-0.05, 0) is 25.0 Å². The van der Waals surface area contributed by atoms with Crippen molar-refractivity contribution in [3.8, 4) is 5.75 Å². The van der Waals surface area contributed by atoms with E-state index in [4.69, 9.17) is 0 Å². The molecular formula is C14H19NO4. The van der Waals surface area contributed by atoms with E-state index in [1.807, 2.05) is 0 Å². The van der Waals surface area contributed by atoms with Crippen molar-refractivity contribution in [2.45, 2.75) is 25.7 Å². The Labute approximate surface area is 112 Å². The van der Waals surface area contributed by atoms with Crippen LogP contribution in [0.25, 0.3) is 0 Å². The lowest BCUT2D eigenvalue weighted by atomic mass is 10.1. The third-order valence-corrected chi connectivity index (χ3v) is 2.72. The van der Waals surface area contributed by atoms with Crippen LogP contribution in [0.4, 0.5) is 0 Å². The first-order valence-electron chi connectivity index (χ1n) is 6.28. The van der Waals surface area contributed by atoms with Gasteiger partial charge in [-0.2, -0.15) is 0 Å². The summed E-state index contributed by atoms with van der Waals surface area (Å²) in [5, 5.41) is 12.2. The number of aromatic hydroxyl groups is 1. The number of ether oxygens (including phenoxy) is 1. The Morgan fingerprint density at radius 3 is 2.63 bits per heavy atom. The molecule has 0 aliphatic carbocycles. The highest BCUT2D eigenvalue weighted by molar-refractivity contribution is 5.96. The van der Waals surface area contributed by atoms with Crippen molar-refractivity contribution in [1.82, 2.24) is 5.32 Å². The quantitative estimate of drug-likeness (QED) is 0.583. The van der Waals surface area contributed by atoms with Gasteiger partial charge < -0.3 is 15.2 Å². The van der Waals surface area contributed by atoms with Crippen molar-refractivity contribution in [3.63, 3.8) is 0 Å². The van der Waals surface area contributed by atoms with E-state index in [1.165, 1.54) is 13.2 Å². The summed E-state index contributed by atoms with van der Waals surface area (Å²) in [5.74, 6) is -0.519. The normalized spacial score (nSPS) is 9.95. The fraction of sp³-hybridized carbons (Fsp3) is 0.429. The van der Waals surface area contributed by atoms with Crippen molar-refractivity contribution in [3.05, 3.63) is 29.8 Å². The number of esters is 1. The molecule has 0 aromatic heterocycles. The number of hydrogen-bond donors (Lipinski definition) is 2. The molecule has 0 fully saturated rings. The second kappa shape index (κ2) is 8.13. The highest BCUT2D eigenvalue weighted by Gasteiger charge is 2.08. The molecule has 0 aliphatic heterocycles. The van der Waals surface area contributed by atoms with Crippen molar-refractivity contribution in [1.29, 1.82) is 0 Å². The van der Waals surface area contributed by atoms with Gasteiger partial charge in [0.05, 0.1) is 12.7 Å². The molecule has 5 nitrogen and oxygen atoms in total. The van der Waals surface area contributed by atoms with Crippen LogP contribution in [0.15, 0.2) is 24.3 Å². The van der Waals surface area contributed by atoms with Crippen LogP contribution in [-0.4, -0.2) is 30.6 Å². The summed E-state index contributed by atoms with van der Waals surface area (Å²) in [6.07, 6.45) is 2.79. The maximum atomic E-state index is 11.7. The number of carbonyl (C=O) groups is 2. The van der Waals surface area contributed by atoms with E-state index in [1.54, 1.807) is 18.2 Å². The predicted octanol–water partition coefficient (Wildman–Crippen LogP) is 1.86. The Morgan fingerprint density at radius 1 is 1.21 bits per heavy atom. The summed E-state index contributed by atoms with van der Waals surface area (Å²) >= 11 is 0. The predicted molar refractivity (Wildman–Crippen MR) is 70.9 cm³/mol. The number of para-hydroxylation sites is 1. The molecule has 0 unspecified atom stereocenters. The van der Waals surface area contributed by atoms with Crippen LogP contribution < -0.4 is 5.32 Å². The largest absolute Gasteiger partial charge is 0.507 e. The topological polar surface area (TPSA) is 75.6 Å². The standard InChI is InChI=1S/C14H19NO4/c1-19-13(17)9-3-2-6-10-15-14(18)11-7-4-5-8-12(11)16/h4-5,7-8,16H,2-3,6,9-10H2,1H3,(H,15,18). The van der Waals surface area contributed by atoms with Gasteiger partial charge in [0.1, 0.15) is 5.75 Å². The first-order valence-corrected chi connectivity index (χ1v) is 6.28. The molecule has 1 aromatic rings. The number of phenolic OH excluding ortho intramolecular Hbond substituents is 1. The molecule has 0 saturated heterocycles. The second-order valence-electron chi connectivity index (χ2n) is 4.16. The van der Waals surface area contributed by atoms with Gasteiger partial charge >= 0.3 is 5.97 Å². The maximum absolute atomic E-state index is 11.7. The number of benzene rings is 1. The highest BCUT2D eigenvalue weighted by atomic mass is 16.5. The van der Waals surface area contributed by atoms with Crippen molar-refractivity contribution >= 4 is 11.9 Å². The monoisotopic (exact) mass is 265 g/mol. The third kappa shape index (κ3) is 5.42. The number of unbranched alkanes of at least 4 members (excludes halogenated alkanes) is 2. The molecule has 0 spiro atoms. The molecule has 1 aromatic carbocycles. The minimum Gasteiger partial charge on any atom is -0.507 e. The molecular weight excluding hydrogens is 246 g/mol. The minimum atomic E-state index is -0.286. The number of methoxy groups -OCH3 is 1. The Kier molecular flexibility index (Phi) is 6.43. The van der Waals surface area contributed by atoms with Crippen LogP contribution in [0.5, 0.6) is 5.75 Å². The summed E-state index contributed by atoms with van der Waals surface area (Å²) in [4.78, 5) is 22.6. The average Bonchev–Trinajstić information content (AvgIpc) is 2.42. The van der Waals surface area contributed by atoms with Crippen LogP contribution >= 0.6 is 0 Å². The Bertz CT molecular complexity index is 431. The van der Waals surface area contributed by atoms with Crippen LogP contribution in [-0.2, 0) is 9.53 Å². The molecule has 1 amide bonds. The minimum absolute atomic E-state index is 0.0225. The van der Waals surface area contributed by atoms with Crippen molar-refractivity contribution < 1.29 is 19.4 Å². The molecule has 0 atom stereocenters. The summed E-state index contributed by atoms with van der Waals surface area (Å²) in [5.41, 5.74) is 0.275. The van der Waals surface area contributed by atoms with Gasteiger partial charge in [0.2, 0.25) is 0 Å². The zero-order chi connectivity index (χ0) is 14.1. The lowest BCUT2D eigenvalue weighted by Gasteiger charge is -2.06. The van der Waals surface area contributed by atoms with E-state index in [2.05, 4.69) is 10.1 Å². The molecule has 104 valence electrons. The first kappa shape index (κ1) is 15.0. The molecule has 19 heavy (non-hydrogen) atoms. The first-order chi connectivity index (χ1) is 9.15. The number of hydrogen-bond acceptors (Lipinski definition) is 4. The maximum Gasteiger partial charge on any atom is 0.305 e. The molecule has 0 heterocycles. The lowest BCUT2D eigenvalue weighted by molar-refractivity contribution is -0.140. The molecule has 0 saturated carbocycles. The highest BCUT2D eigenvalue weighted by Crippen LogP contribution is 2.14. The van der Waals surface area contributed by atoms with Gasteiger partial charge in [-0.1, -0.05) is 18.6 Å². The summed E-state index contributed by atoms with van der Waals surface area (Å²) in [6, 6.07) is 6.41. The van der Waals surface area contributed by atoms with Gasteiger partial charge in [-0.25, -0.2) is 0 Å². The fourth-order valence-corrected chi connectivity index (χ4v) is 1.64.